The first-order chi connectivity index (χ1) is 6.81. The molecule has 2 rings (SSSR count). The molecule has 1 N–H and O–H groups in total. The Hall–Kier alpha value is -1.91. The van der Waals surface area contributed by atoms with Crippen molar-refractivity contribution in [2.24, 2.45) is 0 Å². The van der Waals surface area contributed by atoms with Gasteiger partial charge in [0.05, 0.1) is 0 Å². The largest absolute Gasteiger partial charge is 0.357 e. The van der Waals surface area contributed by atoms with Crippen LogP contribution >= 0.6 is 0 Å². The van der Waals surface area contributed by atoms with Crippen molar-refractivity contribution in [3.05, 3.63) is 30.5 Å². The fourth-order valence-corrected chi connectivity index (χ4v) is 1.20. The number of hydrogen-bond acceptors (Lipinski definition) is 4. The first-order valence-electron chi connectivity index (χ1n) is 4.31. The Kier molecular flexibility index (Phi) is 2.14. The summed E-state index contributed by atoms with van der Waals surface area (Å²) in [4.78, 5) is 12.4. The van der Waals surface area contributed by atoms with Gasteiger partial charge in [-0.15, -0.1) is 0 Å². The summed E-state index contributed by atoms with van der Waals surface area (Å²) in [5.74, 6) is 1.46. The van der Waals surface area contributed by atoms with Gasteiger partial charge in [-0.3, -0.25) is 4.57 Å². The van der Waals surface area contributed by atoms with Gasteiger partial charge in [0.2, 0.25) is 5.95 Å². The molecule has 0 radical (unpaired) electrons. The quantitative estimate of drug-likeness (QED) is 0.766. The minimum absolute atomic E-state index is 0.610. The number of nitrogens with one attached hydrogen (secondary N) is 1. The van der Waals surface area contributed by atoms with Gasteiger partial charge in [-0.25, -0.2) is 9.97 Å². The Balaban J connectivity index is 2.51. The molecular formula is C9H11N5. The third-order valence-electron chi connectivity index (χ3n) is 1.92. The van der Waals surface area contributed by atoms with E-state index in [2.05, 4.69) is 20.3 Å². The standard InChI is InChI=1S/C9H11N5/c1-7-5-12-9(10-2)13-8(7)14-4-3-11-6-14/h3-6H,1-2H3,(H,10,12,13). The zero-order valence-corrected chi connectivity index (χ0v) is 8.10. The molecule has 0 saturated heterocycles. The molecule has 0 amide bonds. The van der Waals surface area contributed by atoms with E-state index >= 15 is 0 Å². The number of hydrogen-bond donors (Lipinski definition) is 1. The van der Waals surface area contributed by atoms with Crippen molar-refractivity contribution in [3.63, 3.8) is 0 Å². The van der Waals surface area contributed by atoms with Crippen molar-refractivity contribution in [1.82, 2.24) is 19.5 Å². The van der Waals surface area contributed by atoms with Gasteiger partial charge in [0.15, 0.2) is 0 Å². The van der Waals surface area contributed by atoms with Crippen molar-refractivity contribution in [1.29, 1.82) is 0 Å². The van der Waals surface area contributed by atoms with Crippen LogP contribution < -0.4 is 5.32 Å². The van der Waals surface area contributed by atoms with Gasteiger partial charge in [-0.1, -0.05) is 0 Å². The number of imidazole rings is 1. The molecule has 0 bridgehead atoms. The van der Waals surface area contributed by atoms with E-state index in [-0.39, 0.29) is 0 Å². The fourth-order valence-electron chi connectivity index (χ4n) is 1.20. The van der Waals surface area contributed by atoms with Crippen LogP contribution in [0, 0.1) is 6.92 Å². The highest BCUT2D eigenvalue weighted by Gasteiger charge is 2.03. The van der Waals surface area contributed by atoms with Gasteiger partial charge >= 0.3 is 0 Å². The summed E-state index contributed by atoms with van der Waals surface area (Å²) in [6.45, 7) is 1.97. The first kappa shape index (κ1) is 8.68. The molecule has 72 valence electrons. The Morgan fingerprint density at radius 3 is 2.93 bits per heavy atom. The maximum absolute atomic E-state index is 4.33. The van der Waals surface area contributed by atoms with Crippen LogP contribution in [0.15, 0.2) is 24.9 Å². The molecule has 0 unspecified atom stereocenters. The number of rotatable bonds is 2. The summed E-state index contributed by atoms with van der Waals surface area (Å²) >= 11 is 0. The summed E-state index contributed by atoms with van der Waals surface area (Å²) < 4.78 is 1.86. The lowest BCUT2D eigenvalue weighted by Gasteiger charge is -2.06. The lowest BCUT2D eigenvalue weighted by molar-refractivity contribution is 0.952. The Labute approximate surface area is 81.8 Å². The summed E-state index contributed by atoms with van der Waals surface area (Å²) in [6, 6.07) is 0. The molecule has 0 fully saturated rings. The zero-order chi connectivity index (χ0) is 9.97. The van der Waals surface area contributed by atoms with Gasteiger partial charge < -0.3 is 5.32 Å². The van der Waals surface area contributed by atoms with Crippen molar-refractivity contribution < 1.29 is 0 Å². The topological polar surface area (TPSA) is 55.6 Å². The molecule has 0 atom stereocenters. The molecule has 0 saturated carbocycles. The van der Waals surface area contributed by atoms with Gasteiger partial charge in [0.1, 0.15) is 12.1 Å². The van der Waals surface area contributed by atoms with Crippen molar-refractivity contribution in [2.45, 2.75) is 6.92 Å². The van der Waals surface area contributed by atoms with Gasteiger partial charge in [0.25, 0.3) is 0 Å². The average molecular weight is 189 g/mol. The summed E-state index contributed by atoms with van der Waals surface area (Å²) in [6.07, 6.45) is 7.08. The first-order valence-corrected chi connectivity index (χ1v) is 4.31. The van der Waals surface area contributed by atoms with Gasteiger partial charge in [-0.05, 0) is 6.92 Å². The highest BCUT2D eigenvalue weighted by molar-refractivity contribution is 5.37. The second kappa shape index (κ2) is 3.45. The predicted molar refractivity (Wildman–Crippen MR) is 53.4 cm³/mol. The molecule has 5 heteroatoms. The van der Waals surface area contributed by atoms with Crippen LogP contribution in [0.1, 0.15) is 5.56 Å². The zero-order valence-electron chi connectivity index (χ0n) is 8.10. The average Bonchev–Trinajstić information content (AvgIpc) is 2.71. The molecule has 0 aliphatic rings. The number of nitrogens with zero attached hydrogens (tertiary/aromatic N) is 4. The smallest absolute Gasteiger partial charge is 0.224 e. The highest BCUT2D eigenvalue weighted by Crippen LogP contribution is 2.11. The van der Waals surface area contributed by atoms with Crippen LogP contribution in [0.2, 0.25) is 0 Å². The van der Waals surface area contributed by atoms with E-state index in [1.165, 1.54) is 0 Å². The molecule has 5 nitrogen and oxygen atoms in total. The van der Waals surface area contributed by atoms with Crippen molar-refractivity contribution >= 4 is 5.95 Å². The second-order valence-electron chi connectivity index (χ2n) is 2.92. The summed E-state index contributed by atoms with van der Waals surface area (Å²) in [5.41, 5.74) is 1.02. The van der Waals surface area contributed by atoms with Crippen LogP contribution in [0.3, 0.4) is 0 Å². The molecule has 2 aromatic rings. The minimum Gasteiger partial charge on any atom is -0.357 e. The maximum atomic E-state index is 4.33. The third-order valence-corrected chi connectivity index (χ3v) is 1.92. The van der Waals surface area contributed by atoms with Crippen LogP contribution in [0.25, 0.3) is 5.82 Å². The number of aryl methyl sites for hydroxylation is 1. The van der Waals surface area contributed by atoms with E-state index in [1.54, 1.807) is 25.8 Å². The van der Waals surface area contributed by atoms with E-state index < -0.39 is 0 Å². The maximum Gasteiger partial charge on any atom is 0.224 e. The summed E-state index contributed by atoms with van der Waals surface area (Å²) in [7, 11) is 1.79. The van der Waals surface area contributed by atoms with Crippen LogP contribution in [0.5, 0.6) is 0 Å². The lowest BCUT2D eigenvalue weighted by atomic mass is 10.3. The van der Waals surface area contributed by atoms with Crippen LogP contribution in [-0.2, 0) is 0 Å². The second-order valence-corrected chi connectivity index (χ2v) is 2.92. The summed E-state index contributed by atoms with van der Waals surface area (Å²) in [5, 5.41) is 2.90. The lowest BCUT2D eigenvalue weighted by Crippen LogP contribution is -2.03. The Bertz CT molecular complexity index is 421. The fraction of sp³-hybridized carbons (Fsp3) is 0.222. The van der Waals surface area contributed by atoms with E-state index in [9.17, 15) is 0 Å². The normalized spacial score (nSPS) is 10.1. The molecule has 0 aliphatic carbocycles. The Morgan fingerprint density at radius 2 is 2.29 bits per heavy atom. The van der Waals surface area contributed by atoms with E-state index in [0.717, 1.165) is 11.4 Å². The van der Waals surface area contributed by atoms with E-state index in [0.29, 0.717) is 5.95 Å². The minimum atomic E-state index is 0.610. The number of anilines is 1. The van der Waals surface area contributed by atoms with Gasteiger partial charge in [0, 0.05) is 31.2 Å². The van der Waals surface area contributed by atoms with Crippen molar-refractivity contribution in [3.8, 4) is 5.82 Å². The van der Waals surface area contributed by atoms with E-state index in [1.807, 2.05) is 17.7 Å². The molecule has 2 heterocycles. The monoisotopic (exact) mass is 189 g/mol. The SMILES string of the molecule is CNc1ncc(C)c(-n2ccnc2)n1. The van der Waals surface area contributed by atoms with Crippen LogP contribution in [-0.4, -0.2) is 26.6 Å². The van der Waals surface area contributed by atoms with Crippen LogP contribution in [0.4, 0.5) is 5.95 Å². The molecule has 0 spiro atoms. The highest BCUT2D eigenvalue weighted by atomic mass is 15.2. The van der Waals surface area contributed by atoms with Gasteiger partial charge in [-0.2, -0.15) is 4.98 Å². The molecule has 2 aromatic heterocycles. The van der Waals surface area contributed by atoms with Crippen molar-refractivity contribution in [2.75, 3.05) is 12.4 Å². The molecule has 14 heavy (non-hydrogen) atoms. The Morgan fingerprint density at radius 1 is 1.43 bits per heavy atom. The third kappa shape index (κ3) is 1.44. The molecular weight excluding hydrogens is 178 g/mol. The van der Waals surface area contributed by atoms with E-state index in [4.69, 9.17) is 0 Å². The molecule has 0 aromatic carbocycles. The molecule has 0 aliphatic heterocycles. The predicted octanol–water partition coefficient (Wildman–Crippen LogP) is 1.01. The number of aromatic nitrogens is 4.